The van der Waals surface area contributed by atoms with Crippen molar-refractivity contribution in [3.63, 3.8) is 0 Å². The van der Waals surface area contributed by atoms with Crippen molar-refractivity contribution >= 4 is 0 Å². The molecule has 6 nitrogen and oxygen atoms in total. The Morgan fingerprint density at radius 3 is 1.93 bits per heavy atom. The Morgan fingerprint density at radius 1 is 0.867 bits per heavy atom. The fourth-order valence-electron chi connectivity index (χ4n) is 0.822. The first-order chi connectivity index (χ1) is 7.35. The molecule has 1 N–H and O–H groups in total. The predicted molar refractivity (Wildman–Crippen MR) is 52.5 cm³/mol. The summed E-state index contributed by atoms with van der Waals surface area (Å²) in [6.07, 6.45) is 0. The molecule has 0 saturated heterocycles. The minimum Gasteiger partial charge on any atom is -0.394 e. The lowest BCUT2D eigenvalue weighted by Gasteiger charge is -2.13. The van der Waals surface area contributed by atoms with Crippen LogP contribution in [-0.2, 0) is 23.7 Å². The number of methoxy groups -OCH3 is 2. The van der Waals surface area contributed by atoms with Crippen LogP contribution in [0.15, 0.2) is 0 Å². The van der Waals surface area contributed by atoms with E-state index < -0.39 is 6.48 Å². The number of hydrogen-bond acceptors (Lipinski definition) is 6. The summed E-state index contributed by atoms with van der Waals surface area (Å²) in [7, 11) is 3.00. The molecule has 0 bridgehead atoms. The average Bonchev–Trinajstić information content (AvgIpc) is 2.27. The molecule has 0 saturated carbocycles. The second kappa shape index (κ2) is 11.8. The summed E-state index contributed by atoms with van der Waals surface area (Å²) in [5.41, 5.74) is 0. The quantitative estimate of drug-likeness (QED) is 0.381. The Balaban J connectivity index is 3.04. The standard InChI is InChI=1S/C9H20O6/c1-11-9(12-2)15-8-7-14-6-5-13-4-3-10/h9-10H,3-8H2,1-2H3. The Labute approximate surface area is 90.0 Å². The van der Waals surface area contributed by atoms with Gasteiger partial charge < -0.3 is 28.8 Å². The number of hydrogen-bond donors (Lipinski definition) is 1. The molecule has 0 heterocycles. The van der Waals surface area contributed by atoms with Gasteiger partial charge in [0.15, 0.2) is 0 Å². The third-order valence-electron chi connectivity index (χ3n) is 1.47. The molecule has 0 aliphatic heterocycles. The molecule has 0 fully saturated rings. The summed E-state index contributed by atoms with van der Waals surface area (Å²) in [6.45, 7) is 1.53. The summed E-state index contributed by atoms with van der Waals surface area (Å²) >= 11 is 0. The topological polar surface area (TPSA) is 66.4 Å². The molecule has 0 atom stereocenters. The lowest BCUT2D eigenvalue weighted by molar-refractivity contribution is -0.268. The van der Waals surface area contributed by atoms with Crippen LogP contribution >= 0.6 is 0 Å². The minimum atomic E-state index is -0.640. The van der Waals surface area contributed by atoms with E-state index in [0.29, 0.717) is 33.0 Å². The van der Waals surface area contributed by atoms with E-state index in [0.717, 1.165) is 0 Å². The third kappa shape index (κ3) is 10.1. The number of aliphatic hydroxyl groups is 1. The van der Waals surface area contributed by atoms with Crippen molar-refractivity contribution in [2.45, 2.75) is 6.48 Å². The molecule has 0 aliphatic carbocycles. The number of rotatable bonds is 11. The summed E-state index contributed by atoms with van der Waals surface area (Å²) in [5.74, 6) is 0. The highest BCUT2D eigenvalue weighted by atomic mass is 16.8. The molecular weight excluding hydrogens is 204 g/mol. The Hall–Kier alpha value is -0.240. The van der Waals surface area contributed by atoms with Crippen LogP contribution in [0.1, 0.15) is 0 Å². The van der Waals surface area contributed by atoms with Crippen molar-refractivity contribution in [1.82, 2.24) is 0 Å². The molecule has 0 radical (unpaired) electrons. The lowest BCUT2D eigenvalue weighted by atomic mass is 10.7. The van der Waals surface area contributed by atoms with E-state index >= 15 is 0 Å². The van der Waals surface area contributed by atoms with E-state index in [1.807, 2.05) is 0 Å². The van der Waals surface area contributed by atoms with Gasteiger partial charge in [-0.3, -0.25) is 0 Å². The molecule has 92 valence electrons. The first-order valence-corrected chi connectivity index (χ1v) is 4.78. The van der Waals surface area contributed by atoms with E-state index in [2.05, 4.69) is 0 Å². The maximum absolute atomic E-state index is 8.41. The average molecular weight is 224 g/mol. The van der Waals surface area contributed by atoms with E-state index in [1.54, 1.807) is 0 Å². The van der Waals surface area contributed by atoms with Gasteiger partial charge in [0.1, 0.15) is 0 Å². The molecule has 15 heavy (non-hydrogen) atoms. The second-order valence-electron chi connectivity index (χ2n) is 2.58. The highest BCUT2D eigenvalue weighted by Gasteiger charge is 2.03. The van der Waals surface area contributed by atoms with Gasteiger partial charge in [-0.2, -0.15) is 0 Å². The molecule has 0 aromatic carbocycles. The van der Waals surface area contributed by atoms with E-state index in [4.69, 9.17) is 28.8 Å². The molecule has 0 amide bonds. The number of ether oxygens (including phenoxy) is 5. The Bertz CT molecular complexity index is 117. The van der Waals surface area contributed by atoms with Crippen molar-refractivity contribution < 1.29 is 28.8 Å². The first kappa shape index (κ1) is 14.8. The molecule has 0 rings (SSSR count). The summed E-state index contributed by atoms with van der Waals surface area (Å²) in [4.78, 5) is 0. The van der Waals surface area contributed by atoms with Crippen molar-refractivity contribution in [3.8, 4) is 0 Å². The summed E-state index contributed by atoms with van der Waals surface area (Å²) in [6, 6.07) is 0. The smallest absolute Gasteiger partial charge is 0.271 e. The summed E-state index contributed by atoms with van der Waals surface area (Å²) in [5, 5.41) is 8.41. The van der Waals surface area contributed by atoms with Gasteiger partial charge in [-0.05, 0) is 0 Å². The molecule has 0 aromatic rings. The van der Waals surface area contributed by atoms with E-state index in [1.165, 1.54) is 14.2 Å². The van der Waals surface area contributed by atoms with Gasteiger partial charge in [-0.1, -0.05) is 0 Å². The molecule has 6 heteroatoms. The SMILES string of the molecule is COC(OC)OCCOCCOCCO. The van der Waals surface area contributed by atoms with Crippen LogP contribution in [0.2, 0.25) is 0 Å². The first-order valence-electron chi connectivity index (χ1n) is 4.78. The zero-order valence-corrected chi connectivity index (χ0v) is 9.31. The third-order valence-corrected chi connectivity index (χ3v) is 1.47. The van der Waals surface area contributed by atoms with Gasteiger partial charge in [0.05, 0.1) is 39.6 Å². The monoisotopic (exact) mass is 224 g/mol. The van der Waals surface area contributed by atoms with Gasteiger partial charge in [-0.25, -0.2) is 0 Å². The van der Waals surface area contributed by atoms with Crippen LogP contribution in [0, 0.1) is 0 Å². The Kier molecular flexibility index (Phi) is 11.6. The molecule has 0 unspecified atom stereocenters. The zero-order chi connectivity index (χ0) is 11.4. The van der Waals surface area contributed by atoms with Crippen LogP contribution in [-0.4, -0.2) is 65.4 Å². The zero-order valence-electron chi connectivity index (χ0n) is 9.31. The van der Waals surface area contributed by atoms with Gasteiger partial charge in [-0.15, -0.1) is 0 Å². The maximum atomic E-state index is 8.41. The second-order valence-corrected chi connectivity index (χ2v) is 2.58. The lowest BCUT2D eigenvalue weighted by Crippen LogP contribution is -2.20. The normalized spacial score (nSPS) is 11.2. The fraction of sp³-hybridized carbons (Fsp3) is 1.00. The van der Waals surface area contributed by atoms with Crippen LogP contribution in [0.25, 0.3) is 0 Å². The fourth-order valence-corrected chi connectivity index (χ4v) is 0.822. The van der Waals surface area contributed by atoms with Crippen LogP contribution in [0.3, 0.4) is 0 Å². The highest BCUT2D eigenvalue weighted by molar-refractivity contribution is 4.33. The minimum absolute atomic E-state index is 0.0342. The largest absolute Gasteiger partial charge is 0.394 e. The molecule has 0 aliphatic rings. The van der Waals surface area contributed by atoms with Gasteiger partial charge >= 0.3 is 0 Å². The maximum Gasteiger partial charge on any atom is 0.271 e. The van der Waals surface area contributed by atoms with Gasteiger partial charge in [0.2, 0.25) is 0 Å². The molecule has 0 spiro atoms. The van der Waals surface area contributed by atoms with E-state index in [9.17, 15) is 0 Å². The molecular formula is C9H20O6. The van der Waals surface area contributed by atoms with Crippen molar-refractivity contribution in [1.29, 1.82) is 0 Å². The summed E-state index contributed by atoms with van der Waals surface area (Å²) < 4.78 is 24.9. The van der Waals surface area contributed by atoms with Crippen LogP contribution < -0.4 is 0 Å². The Morgan fingerprint density at radius 2 is 1.40 bits per heavy atom. The van der Waals surface area contributed by atoms with Crippen molar-refractivity contribution in [2.24, 2.45) is 0 Å². The molecule has 0 aromatic heterocycles. The van der Waals surface area contributed by atoms with Crippen molar-refractivity contribution in [3.05, 3.63) is 0 Å². The van der Waals surface area contributed by atoms with Gasteiger partial charge in [0, 0.05) is 14.2 Å². The predicted octanol–water partition coefficient (Wildman–Crippen LogP) is -0.395. The van der Waals surface area contributed by atoms with E-state index in [-0.39, 0.29) is 6.61 Å². The van der Waals surface area contributed by atoms with Crippen LogP contribution in [0.4, 0.5) is 0 Å². The van der Waals surface area contributed by atoms with Gasteiger partial charge in [0.25, 0.3) is 6.48 Å². The van der Waals surface area contributed by atoms with Crippen LogP contribution in [0.5, 0.6) is 0 Å². The highest BCUT2D eigenvalue weighted by Crippen LogP contribution is 1.92. The number of aliphatic hydroxyl groups excluding tert-OH is 1. The van der Waals surface area contributed by atoms with Crippen molar-refractivity contribution in [2.75, 3.05) is 53.9 Å².